The average molecular weight is 245 g/mol. The number of nitrogens with one attached hydrogen (secondary N) is 1. The summed E-state index contributed by atoms with van der Waals surface area (Å²) in [5, 5.41) is 2.56. The van der Waals surface area contributed by atoms with Crippen molar-refractivity contribution in [3.63, 3.8) is 0 Å². The molecule has 0 saturated heterocycles. The third-order valence-corrected chi connectivity index (χ3v) is 3.40. The first-order chi connectivity index (χ1) is 8.56. The summed E-state index contributed by atoms with van der Waals surface area (Å²) in [6.45, 7) is 1.36. The lowest BCUT2D eigenvalue weighted by molar-refractivity contribution is -0.132. The molecule has 4 heteroatoms. The van der Waals surface area contributed by atoms with Crippen LogP contribution in [0.5, 0.6) is 0 Å². The van der Waals surface area contributed by atoms with E-state index in [1.165, 1.54) is 6.92 Å². The van der Waals surface area contributed by atoms with Gasteiger partial charge in [0.15, 0.2) is 5.78 Å². The summed E-state index contributed by atoms with van der Waals surface area (Å²) in [7, 11) is 0. The molecule has 18 heavy (non-hydrogen) atoms. The quantitative estimate of drug-likeness (QED) is 0.796. The van der Waals surface area contributed by atoms with Crippen LogP contribution in [0.2, 0.25) is 0 Å². The van der Waals surface area contributed by atoms with Gasteiger partial charge in [0.1, 0.15) is 5.78 Å². The first-order valence-corrected chi connectivity index (χ1v) is 5.94. The van der Waals surface area contributed by atoms with Crippen LogP contribution in [0.3, 0.4) is 0 Å². The minimum absolute atomic E-state index is 0.0761. The molecule has 0 unspecified atom stereocenters. The number of ketones is 2. The Bertz CT molecular complexity index is 489. The zero-order valence-corrected chi connectivity index (χ0v) is 10.2. The largest absolute Gasteiger partial charge is 0.345 e. The van der Waals surface area contributed by atoms with Gasteiger partial charge in [-0.05, 0) is 31.9 Å². The number of carbonyl (C=O) groups is 3. The van der Waals surface area contributed by atoms with E-state index in [1.54, 1.807) is 24.3 Å². The van der Waals surface area contributed by atoms with Crippen LogP contribution < -0.4 is 5.32 Å². The van der Waals surface area contributed by atoms with E-state index in [9.17, 15) is 14.4 Å². The van der Waals surface area contributed by atoms with E-state index in [0.29, 0.717) is 18.4 Å². The summed E-state index contributed by atoms with van der Waals surface area (Å²) in [6, 6.07) is 8.69. The fourth-order valence-corrected chi connectivity index (χ4v) is 1.97. The molecule has 0 heterocycles. The second-order valence-electron chi connectivity index (χ2n) is 4.61. The summed E-state index contributed by atoms with van der Waals surface area (Å²) >= 11 is 0. The third-order valence-electron chi connectivity index (χ3n) is 3.40. The molecule has 0 aliphatic heterocycles. The van der Waals surface area contributed by atoms with Gasteiger partial charge < -0.3 is 5.32 Å². The maximum Gasteiger partial charge on any atom is 0.251 e. The minimum Gasteiger partial charge on any atom is -0.345 e. The number of benzene rings is 1. The lowest BCUT2D eigenvalue weighted by atomic mass is 9.96. The highest BCUT2D eigenvalue weighted by atomic mass is 16.2. The van der Waals surface area contributed by atoms with Gasteiger partial charge in [0.2, 0.25) is 0 Å². The smallest absolute Gasteiger partial charge is 0.251 e. The molecule has 1 fully saturated rings. The van der Waals surface area contributed by atoms with E-state index in [2.05, 4.69) is 5.32 Å². The summed E-state index contributed by atoms with van der Waals surface area (Å²) in [6.07, 6.45) is 1.23. The molecule has 1 N–H and O–H groups in total. The van der Waals surface area contributed by atoms with Crippen molar-refractivity contribution in [3.05, 3.63) is 35.9 Å². The molecule has 0 atom stereocenters. The summed E-state index contributed by atoms with van der Waals surface area (Å²) in [5.41, 5.74) is -0.290. The van der Waals surface area contributed by atoms with Crippen LogP contribution in [0, 0.1) is 5.41 Å². The molecular formula is C14H15NO3. The van der Waals surface area contributed by atoms with Crippen molar-refractivity contribution >= 4 is 17.5 Å². The van der Waals surface area contributed by atoms with Gasteiger partial charge >= 0.3 is 0 Å². The lowest BCUT2D eigenvalue weighted by Gasteiger charge is -2.10. The van der Waals surface area contributed by atoms with Crippen LogP contribution in [0.15, 0.2) is 30.3 Å². The Morgan fingerprint density at radius 3 is 2.28 bits per heavy atom. The topological polar surface area (TPSA) is 63.2 Å². The van der Waals surface area contributed by atoms with E-state index >= 15 is 0 Å². The first-order valence-electron chi connectivity index (χ1n) is 5.94. The summed E-state index contributed by atoms with van der Waals surface area (Å²) in [5.74, 6) is -0.566. The van der Waals surface area contributed by atoms with Crippen molar-refractivity contribution in [1.82, 2.24) is 5.32 Å². The normalized spacial score (nSPS) is 15.8. The van der Waals surface area contributed by atoms with E-state index in [0.717, 1.165) is 0 Å². The Hall–Kier alpha value is -1.97. The average Bonchev–Trinajstić information content (AvgIpc) is 3.18. The molecule has 2 rings (SSSR count). The van der Waals surface area contributed by atoms with Gasteiger partial charge in [-0.1, -0.05) is 18.2 Å². The fourth-order valence-electron chi connectivity index (χ4n) is 1.97. The molecule has 0 bridgehead atoms. The first kappa shape index (κ1) is 12.5. The Balaban J connectivity index is 1.91. The van der Waals surface area contributed by atoms with E-state index in [-0.39, 0.29) is 24.0 Å². The molecule has 1 aromatic rings. The van der Waals surface area contributed by atoms with Gasteiger partial charge in [-0.2, -0.15) is 0 Å². The highest BCUT2D eigenvalue weighted by Crippen LogP contribution is 2.47. The molecule has 1 aromatic carbocycles. The molecule has 0 aromatic heterocycles. The second-order valence-corrected chi connectivity index (χ2v) is 4.61. The Morgan fingerprint density at radius 1 is 1.17 bits per heavy atom. The standard InChI is InChI=1S/C14H15NO3/c1-10(16)14(7-8-14)12(17)9-15-13(18)11-5-3-2-4-6-11/h2-6H,7-9H2,1H3,(H,15,18). The second kappa shape index (κ2) is 4.72. The minimum atomic E-state index is -0.802. The molecule has 0 radical (unpaired) electrons. The van der Waals surface area contributed by atoms with Crippen molar-refractivity contribution in [2.75, 3.05) is 6.54 Å². The van der Waals surface area contributed by atoms with E-state index in [1.807, 2.05) is 6.07 Å². The van der Waals surface area contributed by atoms with E-state index < -0.39 is 5.41 Å². The zero-order valence-electron chi connectivity index (χ0n) is 10.2. The van der Waals surface area contributed by atoms with Gasteiger partial charge in [0.05, 0.1) is 12.0 Å². The van der Waals surface area contributed by atoms with Crippen LogP contribution in [0.25, 0.3) is 0 Å². The Labute approximate surface area is 105 Å². The third kappa shape index (κ3) is 2.32. The van der Waals surface area contributed by atoms with Crippen LogP contribution in [-0.4, -0.2) is 24.0 Å². The number of Topliss-reactive ketones (excluding diaryl/α,β-unsaturated/α-hetero) is 2. The molecule has 1 amide bonds. The summed E-state index contributed by atoms with van der Waals surface area (Å²) in [4.78, 5) is 34.9. The van der Waals surface area contributed by atoms with Crippen molar-refractivity contribution in [3.8, 4) is 0 Å². The highest BCUT2D eigenvalue weighted by molar-refractivity contribution is 6.10. The van der Waals surface area contributed by atoms with Gasteiger partial charge in [0.25, 0.3) is 5.91 Å². The predicted octanol–water partition coefficient (Wildman–Crippen LogP) is 1.35. The lowest BCUT2D eigenvalue weighted by Crippen LogP contribution is -2.36. The highest BCUT2D eigenvalue weighted by Gasteiger charge is 2.53. The molecule has 4 nitrogen and oxygen atoms in total. The van der Waals surface area contributed by atoms with Crippen molar-refractivity contribution < 1.29 is 14.4 Å². The van der Waals surface area contributed by atoms with Gasteiger partial charge in [-0.3, -0.25) is 14.4 Å². The SMILES string of the molecule is CC(=O)C1(C(=O)CNC(=O)c2ccccc2)CC1. The van der Waals surface area contributed by atoms with Gasteiger partial charge in [-0.25, -0.2) is 0 Å². The number of amides is 1. The Kier molecular flexibility index (Phi) is 3.28. The maximum absolute atomic E-state index is 11.9. The molecular weight excluding hydrogens is 230 g/mol. The molecule has 0 spiro atoms. The monoisotopic (exact) mass is 245 g/mol. The van der Waals surface area contributed by atoms with Crippen molar-refractivity contribution in [1.29, 1.82) is 0 Å². The maximum atomic E-state index is 11.9. The molecule has 1 saturated carbocycles. The number of hydrogen-bond donors (Lipinski definition) is 1. The van der Waals surface area contributed by atoms with Crippen LogP contribution in [0.4, 0.5) is 0 Å². The zero-order chi connectivity index (χ0) is 13.2. The van der Waals surface area contributed by atoms with E-state index in [4.69, 9.17) is 0 Å². The molecule has 94 valence electrons. The molecule has 1 aliphatic rings. The van der Waals surface area contributed by atoms with Gasteiger partial charge in [0, 0.05) is 5.56 Å². The fraction of sp³-hybridized carbons (Fsp3) is 0.357. The Morgan fingerprint density at radius 2 is 1.78 bits per heavy atom. The van der Waals surface area contributed by atoms with Crippen molar-refractivity contribution in [2.24, 2.45) is 5.41 Å². The van der Waals surface area contributed by atoms with Gasteiger partial charge in [-0.15, -0.1) is 0 Å². The van der Waals surface area contributed by atoms with Crippen molar-refractivity contribution in [2.45, 2.75) is 19.8 Å². The number of rotatable bonds is 5. The summed E-state index contributed by atoms with van der Waals surface area (Å²) < 4.78 is 0. The predicted molar refractivity (Wildman–Crippen MR) is 66.1 cm³/mol. The van der Waals surface area contributed by atoms with Crippen LogP contribution >= 0.6 is 0 Å². The number of carbonyl (C=O) groups excluding carboxylic acids is 3. The number of hydrogen-bond acceptors (Lipinski definition) is 3. The van der Waals surface area contributed by atoms with Crippen LogP contribution in [0.1, 0.15) is 30.1 Å². The molecule has 1 aliphatic carbocycles. The van der Waals surface area contributed by atoms with Crippen LogP contribution in [-0.2, 0) is 9.59 Å².